The van der Waals surface area contributed by atoms with Crippen LogP contribution in [0.25, 0.3) is 0 Å². The van der Waals surface area contributed by atoms with Crippen molar-refractivity contribution in [3.8, 4) is 0 Å². The topological polar surface area (TPSA) is 70.6 Å². The van der Waals surface area contributed by atoms with Crippen molar-refractivity contribution < 1.29 is 9.59 Å². The van der Waals surface area contributed by atoms with Crippen molar-refractivity contribution in [3.05, 3.63) is 35.4 Å². The molecular weight excluding hydrogens is 230 g/mol. The van der Waals surface area contributed by atoms with Crippen LogP contribution in [0.2, 0.25) is 0 Å². The summed E-state index contributed by atoms with van der Waals surface area (Å²) in [6, 6.07) is 7.33. The van der Waals surface area contributed by atoms with Crippen molar-refractivity contribution >= 4 is 18.0 Å². The zero-order valence-electron chi connectivity index (χ0n) is 10.1. The Hall–Kier alpha value is -2.17. The molecule has 0 radical (unpaired) electrons. The standard InChI is InChI=1S/C13H15N3O2/c1-9-2-4-10(5-3-9)8-14-16-13(18)11-6-7-12(17)15-11/h2-5,8,11H,6-7H2,1H3,(H,15,17)(H,16,18)/b14-8+/t11-/m0/s1. The Bertz CT molecular complexity index is 480. The molecule has 1 aliphatic heterocycles. The summed E-state index contributed by atoms with van der Waals surface area (Å²) < 4.78 is 0. The van der Waals surface area contributed by atoms with Gasteiger partial charge in [0.15, 0.2) is 0 Å². The van der Waals surface area contributed by atoms with Crippen molar-refractivity contribution in [1.29, 1.82) is 0 Å². The van der Waals surface area contributed by atoms with Crippen molar-refractivity contribution in [2.45, 2.75) is 25.8 Å². The third-order valence-electron chi connectivity index (χ3n) is 2.78. The summed E-state index contributed by atoms with van der Waals surface area (Å²) in [5.41, 5.74) is 4.51. The lowest BCUT2D eigenvalue weighted by Gasteiger charge is -2.06. The number of hydrogen-bond acceptors (Lipinski definition) is 3. The highest BCUT2D eigenvalue weighted by molar-refractivity contribution is 5.91. The molecule has 18 heavy (non-hydrogen) atoms. The second kappa shape index (κ2) is 5.44. The largest absolute Gasteiger partial charge is 0.344 e. The maximum atomic E-state index is 11.6. The summed E-state index contributed by atoms with van der Waals surface area (Å²) in [4.78, 5) is 22.6. The number of hydrazone groups is 1. The molecule has 0 aliphatic carbocycles. The van der Waals surface area contributed by atoms with E-state index >= 15 is 0 Å². The molecule has 1 heterocycles. The zero-order chi connectivity index (χ0) is 13.0. The minimum Gasteiger partial charge on any atom is -0.344 e. The van der Waals surface area contributed by atoms with Gasteiger partial charge in [-0.2, -0.15) is 5.10 Å². The number of carbonyl (C=O) groups excluding carboxylic acids is 2. The molecule has 5 nitrogen and oxygen atoms in total. The summed E-state index contributed by atoms with van der Waals surface area (Å²) in [6.45, 7) is 2.01. The maximum absolute atomic E-state index is 11.6. The fourth-order valence-electron chi connectivity index (χ4n) is 1.71. The quantitative estimate of drug-likeness (QED) is 0.608. The highest BCUT2D eigenvalue weighted by atomic mass is 16.2. The summed E-state index contributed by atoms with van der Waals surface area (Å²) in [6.07, 6.45) is 2.51. The molecule has 0 saturated carbocycles. The summed E-state index contributed by atoms with van der Waals surface area (Å²) >= 11 is 0. The van der Waals surface area contributed by atoms with Gasteiger partial charge in [-0.1, -0.05) is 29.8 Å². The highest BCUT2D eigenvalue weighted by Crippen LogP contribution is 2.06. The molecule has 1 aliphatic rings. The Morgan fingerprint density at radius 3 is 2.78 bits per heavy atom. The van der Waals surface area contributed by atoms with Crippen molar-refractivity contribution in [3.63, 3.8) is 0 Å². The summed E-state index contributed by atoms with van der Waals surface area (Å²) in [7, 11) is 0. The van der Waals surface area contributed by atoms with E-state index in [1.54, 1.807) is 6.21 Å². The minimum atomic E-state index is -0.451. The van der Waals surface area contributed by atoms with E-state index in [4.69, 9.17) is 0 Å². The molecule has 1 saturated heterocycles. The molecule has 1 aromatic carbocycles. The lowest BCUT2D eigenvalue weighted by molar-refractivity contribution is -0.125. The van der Waals surface area contributed by atoms with E-state index in [1.807, 2.05) is 31.2 Å². The van der Waals surface area contributed by atoms with Gasteiger partial charge in [-0.3, -0.25) is 9.59 Å². The van der Waals surface area contributed by atoms with E-state index in [1.165, 1.54) is 5.56 Å². The lowest BCUT2D eigenvalue weighted by atomic mass is 10.2. The number of carbonyl (C=O) groups is 2. The van der Waals surface area contributed by atoms with Crippen LogP contribution in [-0.4, -0.2) is 24.1 Å². The Kier molecular flexibility index (Phi) is 3.72. The predicted molar refractivity (Wildman–Crippen MR) is 68.1 cm³/mol. The Balaban J connectivity index is 1.85. The molecule has 0 spiro atoms. The first-order chi connectivity index (χ1) is 8.65. The third kappa shape index (κ3) is 3.16. The van der Waals surface area contributed by atoms with Gasteiger partial charge in [-0.25, -0.2) is 5.43 Å². The molecule has 1 aromatic rings. The number of nitrogens with one attached hydrogen (secondary N) is 2. The molecule has 1 atom stereocenters. The normalized spacial score (nSPS) is 18.9. The molecule has 0 aromatic heterocycles. The Morgan fingerprint density at radius 2 is 2.17 bits per heavy atom. The van der Waals surface area contributed by atoms with Crippen LogP contribution in [0.4, 0.5) is 0 Å². The van der Waals surface area contributed by atoms with Crippen LogP contribution >= 0.6 is 0 Å². The number of hydrogen-bond donors (Lipinski definition) is 2. The van der Waals surface area contributed by atoms with E-state index in [0.717, 1.165) is 5.56 Å². The molecule has 94 valence electrons. The predicted octanol–water partition coefficient (Wildman–Crippen LogP) is 0.724. The highest BCUT2D eigenvalue weighted by Gasteiger charge is 2.26. The molecule has 1 fully saturated rings. The molecule has 2 N–H and O–H groups in total. The van der Waals surface area contributed by atoms with E-state index in [9.17, 15) is 9.59 Å². The molecule has 5 heteroatoms. The van der Waals surface area contributed by atoms with Gasteiger partial charge in [0.2, 0.25) is 5.91 Å². The van der Waals surface area contributed by atoms with Crippen molar-refractivity contribution in [2.24, 2.45) is 5.10 Å². The number of nitrogens with zero attached hydrogens (tertiary/aromatic N) is 1. The fraction of sp³-hybridized carbons (Fsp3) is 0.308. The monoisotopic (exact) mass is 245 g/mol. The third-order valence-corrected chi connectivity index (χ3v) is 2.78. The summed E-state index contributed by atoms with van der Waals surface area (Å²) in [5, 5.41) is 6.45. The minimum absolute atomic E-state index is 0.0855. The number of rotatable bonds is 3. The van der Waals surface area contributed by atoms with E-state index in [0.29, 0.717) is 12.8 Å². The second-order valence-electron chi connectivity index (χ2n) is 4.30. The van der Waals surface area contributed by atoms with Crippen LogP contribution in [0, 0.1) is 6.92 Å². The van der Waals surface area contributed by atoms with Gasteiger partial charge in [0.05, 0.1) is 6.21 Å². The molecular formula is C13H15N3O2. The SMILES string of the molecule is Cc1ccc(/C=N/NC(=O)[C@@H]2CCC(=O)N2)cc1. The van der Waals surface area contributed by atoms with Gasteiger partial charge < -0.3 is 5.32 Å². The van der Waals surface area contributed by atoms with Gasteiger partial charge >= 0.3 is 0 Å². The average molecular weight is 245 g/mol. The van der Waals surface area contributed by atoms with Crippen molar-refractivity contribution in [2.75, 3.05) is 0 Å². The lowest BCUT2D eigenvalue weighted by Crippen LogP contribution is -2.39. The van der Waals surface area contributed by atoms with Crippen LogP contribution in [-0.2, 0) is 9.59 Å². The fourth-order valence-corrected chi connectivity index (χ4v) is 1.71. The van der Waals surface area contributed by atoms with E-state index < -0.39 is 6.04 Å². The molecule has 2 rings (SSSR count). The second-order valence-corrected chi connectivity index (χ2v) is 4.30. The first-order valence-corrected chi connectivity index (χ1v) is 5.84. The molecule has 2 amide bonds. The van der Waals surface area contributed by atoms with Crippen molar-refractivity contribution in [1.82, 2.24) is 10.7 Å². The van der Waals surface area contributed by atoms with Crippen LogP contribution in [0.15, 0.2) is 29.4 Å². The number of benzene rings is 1. The van der Waals surface area contributed by atoms with E-state index in [-0.39, 0.29) is 11.8 Å². The molecule has 0 unspecified atom stereocenters. The number of aryl methyl sites for hydroxylation is 1. The van der Waals surface area contributed by atoms with Crippen LogP contribution < -0.4 is 10.7 Å². The van der Waals surface area contributed by atoms with Crippen LogP contribution in [0.5, 0.6) is 0 Å². The van der Waals surface area contributed by atoms with Gasteiger partial charge in [-0.15, -0.1) is 0 Å². The van der Waals surface area contributed by atoms with Gasteiger partial charge in [0.1, 0.15) is 6.04 Å². The van der Waals surface area contributed by atoms with Crippen LogP contribution in [0.3, 0.4) is 0 Å². The first-order valence-electron chi connectivity index (χ1n) is 5.84. The summed E-state index contributed by atoms with van der Waals surface area (Å²) in [5.74, 6) is -0.359. The van der Waals surface area contributed by atoms with Gasteiger partial charge in [-0.05, 0) is 18.9 Å². The van der Waals surface area contributed by atoms with Crippen LogP contribution in [0.1, 0.15) is 24.0 Å². The maximum Gasteiger partial charge on any atom is 0.262 e. The van der Waals surface area contributed by atoms with Gasteiger partial charge in [0.25, 0.3) is 5.91 Å². The smallest absolute Gasteiger partial charge is 0.262 e. The van der Waals surface area contributed by atoms with Gasteiger partial charge in [0, 0.05) is 6.42 Å². The number of amides is 2. The van der Waals surface area contributed by atoms with E-state index in [2.05, 4.69) is 15.8 Å². The zero-order valence-corrected chi connectivity index (χ0v) is 10.1. The Morgan fingerprint density at radius 1 is 1.44 bits per heavy atom. The molecule has 0 bridgehead atoms. The Labute approximate surface area is 105 Å². The average Bonchev–Trinajstić information content (AvgIpc) is 2.78. The first kappa shape index (κ1) is 12.3.